The minimum atomic E-state index is -0.343. The van der Waals surface area contributed by atoms with Gasteiger partial charge in [0.2, 0.25) is 0 Å². The van der Waals surface area contributed by atoms with E-state index in [0.29, 0.717) is 0 Å². The number of rotatable bonds is 0. The summed E-state index contributed by atoms with van der Waals surface area (Å²) in [6.45, 7) is 0. The Morgan fingerprint density at radius 3 is 3.00 bits per heavy atom. The number of fused-ring (bicyclic) bond motifs is 1. The van der Waals surface area contributed by atoms with E-state index in [4.69, 9.17) is 17.3 Å². The van der Waals surface area contributed by atoms with E-state index in [-0.39, 0.29) is 16.9 Å². The first kappa shape index (κ1) is 8.02. The molecule has 0 fully saturated rings. The van der Waals surface area contributed by atoms with Crippen LogP contribution in [-0.4, -0.2) is 0 Å². The largest absolute Gasteiger partial charge is 0.324 e. The minimum absolute atomic E-state index is 0.0399. The van der Waals surface area contributed by atoms with E-state index in [1.165, 1.54) is 6.07 Å². The van der Waals surface area contributed by atoms with Gasteiger partial charge in [0.1, 0.15) is 5.82 Å². The monoisotopic (exact) mass is 185 g/mol. The van der Waals surface area contributed by atoms with Crippen LogP contribution in [0.3, 0.4) is 0 Å². The Kier molecular flexibility index (Phi) is 1.81. The van der Waals surface area contributed by atoms with Crippen molar-refractivity contribution in [2.45, 2.75) is 18.9 Å². The summed E-state index contributed by atoms with van der Waals surface area (Å²) in [7, 11) is 0. The number of hydrogen-bond donors (Lipinski definition) is 1. The summed E-state index contributed by atoms with van der Waals surface area (Å²) in [5.74, 6) is -0.343. The fourth-order valence-corrected chi connectivity index (χ4v) is 1.80. The predicted octanol–water partition coefficient (Wildman–Crippen LogP) is 2.43. The molecule has 1 aliphatic carbocycles. The first-order valence-electron chi connectivity index (χ1n) is 3.92. The molecule has 1 nitrogen and oxygen atoms in total. The van der Waals surface area contributed by atoms with Gasteiger partial charge in [-0.1, -0.05) is 11.6 Å². The maximum absolute atomic E-state index is 12.9. The van der Waals surface area contributed by atoms with Crippen molar-refractivity contribution in [3.8, 4) is 0 Å². The van der Waals surface area contributed by atoms with Gasteiger partial charge in [-0.15, -0.1) is 0 Å². The summed E-state index contributed by atoms with van der Waals surface area (Å²) >= 11 is 5.63. The van der Waals surface area contributed by atoms with Crippen molar-refractivity contribution < 1.29 is 4.39 Å². The van der Waals surface area contributed by atoms with Crippen LogP contribution in [0.1, 0.15) is 23.6 Å². The number of halogens is 2. The maximum Gasteiger partial charge on any atom is 0.142 e. The van der Waals surface area contributed by atoms with Crippen molar-refractivity contribution in [3.05, 3.63) is 34.1 Å². The Hall–Kier alpha value is -0.600. The topological polar surface area (TPSA) is 26.0 Å². The molecular weight excluding hydrogens is 177 g/mol. The molecule has 2 N–H and O–H groups in total. The van der Waals surface area contributed by atoms with Gasteiger partial charge in [-0.25, -0.2) is 4.39 Å². The summed E-state index contributed by atoms with van der Waals surface area (Å²) in [6.07, 6.45) is 1.76. The van der Waals surface area contributed by atoms with Crippen molar-refractivity contribution in [1.82, 2.24) is 0 Å². The van der Waals surface area contributed by atoms with Crippen molar-refractivity contribution in [2.24, 2.45) is 5.73 Å². The third-order valence-electron chi connectivity index (χ3n) is 2.31. The molecule has 12 heavy (non-hydrogen) atoms. The molecule has 0 amide bonds. The Morgan fingerprint density at radius 1 is 1.50 bits per heavy atom. The predicted molar refractivity (Wildman–Crippen MR) is 46.7 cm³/mol. The zero-order chi connectivity index (χ0) is 8.72. The molecule has 2 rings (SSSR count). The van der Waals surface area contributed by atoms with Crippen molar-refractivity contribution in [2.75, 3.05) is 0 Å². The molecule has 3 heteroatoms. The van der Waals surface area contributed by atoms with E-state index < -0.39 is 0 Å². The van der Waals surface area contributed by atoms with Crippen LogP contribution in [0.5, 0.6) is 0 Å². The first-order valence-corrected chi connectivity index (χ1v) is 4.29. The average molecular weight is 186 g/mol. The molecule has 0 saturated carbocycles. The summed E-state index contributed by atoms with van der Waals surface area (Å²) in [5.41, 5.74) is 7.79. The molecule has 0 bridgehead atoms. The van der Waals surface area contributed by atoms with Gasteiger partial charge in [0.15, 0.2) is 0 Å². The lowest BCUT2D eigenvalue weighted by Gasteiger charge is -2.04. The standard InChI is InChI=1S/C9H9ClFN/c10-7-4-6-5(3-8(7)11)1-2-9(6)12/h3-4,9H,1-2,12H2/t9-/m1/s1. The van der Waals surface area contributed by atoms with Gasteiger partial charge in [0, 0.05) is 6.04 Å². The second-order valence-corrected chi connectivity index (χ2v) is 3.52. The van der Waals surface area contributed by atoms with Crippen LogP contribution in [0.4, 0.5) is 4.39 Å². The molecule has 1 aromatic carbocycles. The lowest BCUT2D eigenvalue weighted by Crippen LogP contribution is -2.05. The molecule has 0 radical (unpaired) electrons. The fraction of sp³-hybridized carbons (Fsp3) is 0.333. The van der Waals surface area contributed by atoms with E-state index in [1.807, 2.05) is 0 Å². The summed E-state index contributed by atoms with van der Waals surface area (Å²) < 4.78 is 12.9. The second kappa shape index (κ2) is 2.71. The quantitative estimate of drug-likeness (QED) is 0.660. The molecule has 0 aliphatic heterocycles. The highest BCUT2D eigenvalue weighted by atomic mass is 35.5. The Bertz CT molecular complexity index is 325. The third kappa shape index (κ3) is 1.11. The van der Waals surface area contributed by atoms with Gasteiger partial charge in [-0.2, -0.15) is 0 Å². The SMILES string of the molecule is N[C@@H]1CCc2cc(F)c(Cl)cc21. The third-order valence-corrected chi connectivity index (χ3v) is 2.60. The second-order valence-electron chi connectivity index (χ2n) is 3.11. The average Bonchev–Trinajstić information content (AvgIpc) is 2.35. The molecular formula is C9H9ClFN. The fourth-order valence-electron chi connectivity index (χ4n) is 1.63. The highest BCUT2D eigenvalue weighted by Crippen LogP contribution is 2.32. The number of nitrogens with two attached hydrogens (primary N) is 1. The Morgan fingerprint density at radius 2 is 2.25 bits per heavy atom. The molecule has 1 atom stereocenters. The van der Waals surface area contributed by atoms with Crippen LogP contribution in [0.15, 0.2) is 12.1 Å². The summed E-state index contributed by atoms with van der Waals surface area (Å²) in [4.78, 5) is 0. The number of benzene rings is 1. The zero-order valence-corrected chi connectivity index (χ0v) is 7.24. The molecule has 0 spiro atoms. The van der Waals surface area contributed by atoms with Crippen molar-refractivity contribution in [3.63, 3.8) is 0 Å². The lowest BCUT2D eigenvalue weighted by molar-refractivity contribution is 0.626. The molecule has 0 saturated heterocycles. The van der Waals surface area contributed by atoms with E-state index in [0.717, 1.165) is 24.0 Å². The van der Waals surface area contributed by atoms with Crippen LogP contribution in [0, 0.1) is 5.82 Å². The summed E-state index contributed by atoms with van der Waals surface area (Å²) in [6, 6.07) is 3.17. The molecule has 0 heterocycles. The maximum atomic E-state index is 12.9. The van der Waals surface area contributed by atoms with Crippen LogP contribution in [-0.2, 0) is 6.42 Å². The zero-order valence-electron chi connectivity index (χ0n) is 6.48. The molecule has 1 aliphatic rings. The minimum Gasteiger partial charge on any atom is -0.324 e. The van der Waals surface area contributed by atoms with E-state index in [2.05, 4.69) is 0 Å². The molecule has 0 unspecified atom stereocenters. The highest BCUT2D eigenvalue weighted by molar-refractivity contribution is 6.30. The van der Waals surface area contributed by atoms with Crippen molar-refractivity contribution in [1.29, 1.82) is 0 Å². The van der Waals surface area contributed by atoms with Gasteiger partial charge in [0.05, 0.1) is 5.02 Å². The van der Waals surface area contributed by atoms with Crippen LogP contribution in [0.2, 0.25) is 5.02 Å². The van der Waals surface area contributed by atoms with Gasteiger partial charge in [-0.05, 0) is 36.1 Å². The van der Waals surface area contributed by atoms with Crippen molar-refractivity contribution >= 4 is 11.6 Å². The van der Waals surface area contributed by atoms with Gasteiger partial charge in [0.25, 0.3) is 0 Å². The Labute approximate surface area is 75.3 Å². The normalized spacial score (nSPS) is 21.1. The van der Waals surface area contributed by atoms with E-state index >= 15 is 0 Å². The lowest BCUT2D eigenvalue weighted by atomic mass is 10.1. The Balaban J connectivity index is 2.56. The van der Waals surface area contributed by atoms with Gasteiger partial charge < -0.3 is 5.73 Å². The summed E-state index contributed by atoms with van der Waals surface area (Å²) in [5, 5.41) is 0.172. The van der Waals surface area contributed by atoms with Crippen LogP contribution in [0.25, 0.3) is 0 Å². The first-order chi connectivity index (χ1) is 5.68. The van der Waals surface area contributed by atoms with E-state index in [9.17, 15) is 4.39 Å². The smallest absolute Gasteiger partial charge is 0.142 e. The number of hydrogen-bond acceptors (Lipinski definition) is 1. The van der Waals surface area contributed by atoms with Crippen LogP contribution >= 0.6 is 11.6 Å². The number of aryl methyl sites for hydroxylation is 1. The molecule has 0 aromatic heterocycles. The van der Waals surface area contributed by atoms with Gasteiger partial charge in [-0.3, -0.25) is 0 Å². The van der Waals surface area contributed by atoms with Crippen LogP contribution < -0.4 is 5.73 Å². The molecule has 1 aromatic rings. The molecule has 64 valence electrons. The van der Waals surface area contributed by atoms with Gasteiger partial charge >= 0.3 is 0 Å². The highest BCUT2D eigenvalue weighted by Gasteiger charge is 2.20. The van der Waals surface area contributed by atoms with E-state index in [1.54, 1.807) is 6.07 Å².